The van der Waals surface area contributed by atoms with Gasteiger partial charge in [0.2, 0.25) is 0 Å². The van der Waals surface area contributed by atoms with Crippen LogP contribution >= 0.6 is 11.8 Å². The molecule has 0 atom stereocenters. The number of benzene rings is 3. The largest absolute Gasteiger partial charge is 0.490 e. The van der Waals surface area contributed by atoms with Gasteiger partial charge in [-0.2, -0.15) is 0 Å². The summed E-state index contributed by atoms with van der Waals surface area (Å²) in [5, 5.41) is 9.48. The molecule has 7 nitrogen and oxygen atoms in total. The zero-order valence-electron chi connectivity index (χ0n) is 20.2. The first-order valence-electron chi connectivity index (χ1n) is 11.4. The molecule has 3 aromatic rings. The standard InChI is InChI=1S/C28H26N2O5S/c1-4-34-24-15-20(9-14-23(24)35-17-26(31)32)16-25-27(33)30(22-12-7-19(3)8-13-22)28(36-25)29-21-10-5-18(2)6-11-21/h5-16H,4,17H2,1-3H3,(H,31,32)/b25-16-,29-28?. The maximum absolute atomic E-state index is 13.5. The lowest BCUT2D eigenvalue weighted by Crippen LogP contribution is -2.28. The molecule has 0 bridgehead atoms. The van der Waals surface area contributed by atoms with Crippen molar-refractivity contribution in [3.05, 3.63) is 88.3 Å². The van der Waals surface area contributed by atoms with Gasteiger partial charge in [0, 0.05) is 0 Å². The number of thioether (sulfide) groups is 1. The minimum atomic E-state index is -1.08. The van der Waals surface area contributed by atoms with Crippen LogP contribution in [0.4, 0.5) is 11.4 Å². The minimum absolute atomic E-state index is 0.182. The predicted octanol–water partition coefficient (Wildman–Crippen LogP) is 5.97. The van der Waals surface area contributed by atoms with Crippen molar-refractivity contribution in [3.8, 4) is 11.5 Å². The third-order valence-electron chi connectivity index (χ3n) is 5.27. The molecule has 0 radical (unpaired) electrons. The van der Waals surface area contributed by atoms with Gasteiger partial charge in [0.25, 0.3) is 5.91 Å². The number of amidine groups is 1. The first-order chi connectivity index (χ1) is 17.3. The molecule has 1 heterocycles. The van der Waals surface area contributed by atoms with E-state index in [1.807, 2.05) is 69.3 Å². The predicted molar refractivity (Wildman–Crippen MR) is 143 cm³/mol. The number of carbonyl (C=O) groups excluding carboxylic acids is 1. The lowest BCUT2D eigenvalue weighted by molar-refractivity contribution is -0.139. The molecular formula is C28H26N2O5S. The van der Waals surface area contributed by atoms with Gasteiger partial charge in [0.05, 0.1) is 22.9 Å². The molecular weight excluding hydrogens is 476 g/mol. The maximum Gasteiger partial charge on any atom is 0.341 e. The normalized spacial score (nSPS) is 15.5. The molecule has 0 saturated carbocycles. The zero-order chi connectivity index (χ0) is 25.7. The van der Waals surface area contributed by atoms with E-state index in [1.54, 1.807) is 29.2 Å². The third kappa shape index (κ3) is 5.95. The smallest absolute Gasteiger partial charge is 0.341 e. The van der Waals surface area contributed by atoms with Crippen LogP contribution in [0.25, 0.3) is 6.08 Å². The van der Waals surface area contributed by atoms with Crippen molar-refractivity contribution in [2.24, 2.45) is 4.99 Å². The lowest BCUT2D eigenvalue weighted by Gasteiger charge is -2.16. The Hall–Kier alpha value is -4.04. The second kappa shape index (κ2) is 11.1. The van der Waals surface area contributed by atoms with E-state index in [2.05, 4.69) is 0 Å². The molecule has 0 unspecified atom stereocenters. The molecule has 36 heavy (non-hydrogen) atoms. The molecule has 4 rings (SSSR count). The molecule has 0 aliphatic carbocycles. The molecule has 184 valence electrons. The Morgan fingerprint density at radius 2 is 1.64 bits per heavy atom. The van der Waals surface area contributed by atoms with Crippen LogP contribution in [0, 0.1) is 13.8 Å². The number of carboxylic acids is 1. The van der Waals surface area contributed by atoms with E-state index in [1.165, 1.54) is 11.8 Å². The Morgan fingerprint density at radius 3 is 2.28 bits per heavy atom. The number of nitrogens with zero attached hydrogens (tertiary/aromatic N) is 2. The summed E-state index contributed by atoms with van der Waals surface area (Å²) in [5.74, 6) is -0.519. The highest BCUT2D eigenvalue weighted by molar-refractivity contribution is 8.19. The molecule has 1 N–H and O–H groups in total. The molecule has 0 aromatic heterocycles. The SMILES string of the molecule is CCOc1cc(/C=C2\SC(=Nc3ccc(C)cc3)N(c3ccc(C)cc3)C2=O)ccc1OCC(=O)O. The number of hydrogen-bond donors (Lipinski definition) is 1. The molecule has 0 spiro atoms. The summed E-state index contributed by atoms with van der Waals surface area (Å²) >= 11 is 1.30. The molecule has 1 saturated heterocycles. The van der Waals surface area contributed by atoms with Gasteiger partial charge >= 0.3 is 5.97 Å². The Morgan fingerprint density at radius 1 is 0.972 bits per heavy atom. The molecule has 3 aromatic carbocycles. The van der Waals surface area contributed by atoms with Crippen molar-refractivity contribution in [1.29, 1.82) is 0 Å². The van der Waals surface area contributed by atoms with Crippen LogP contribution in [0.15, 0.2) is 76.6 Å². The van der Waals surface area contributed by atoms with Crippen molar-refractivity contribution in [3.63, 3.8) is 0 Å². The third-order valence-corrected chi connectivity index (χ3v) is 6.24. The summed E-state index contributed by atoms with van der Waals surface area (Å²) in [5.41, 5.74) is 4.44. The number of hydrogen-bond acceptors (Lipinski definition) is 6. The highest BCUT2D eigenvalue weighted by Gasteiger charge is 2.34. The number of aliphatic imine (C=N–C) groups is 1. The number of carboxylic acid groups (broad SMARTS) is 1. The number of anilines is 1. The Labute approximate surface area is 214 Å². The van der Waals surface area contributed by atoms with E-state index in [-0.39, 0.29) is 5.91 Å². The number of aliphatic carboxylic acids is 1. The van der Waals surface area contributed by atoms with Gasteiger partial charge in [-0.25, -0.2) is 9.79 Å². The van der Waals surface area contributed by atoms with Crippen LogP contribution in [0.5, 0.6) is 11.5 Å². The molecule has 1 aliphatic heterocycles. The van der Waals surface area contributed by atoms with E-state index >= 15 is 0 Å². The highest BCUT2D eigenvalue weighted by atomic mass is 32.2. The zero-order valence-corrected chi connectivity index (χ0v) is 21.0. The van der Waals surface area contributed by atoms with E-state index in [0.29, 0.717) is 28.2 Å². The van der Waals surface area contributed by atoms with Gasteiger partial charge in [0.1, 0.15) is 0 Å². The van der Waals surface area contributed by atoms with Gasteiger partial charge in [-0.3, -0.25) is 9.69 Å². The summed E-state index contributed by atoms with van der Waals surface area (Å²) in [6, 6.07) is 20.7. The van der Waals surface area contributed by atoms with Gasteiger partial charge in [-0.05, 0) is 80.6 Å². The van der Waals surface area contributed by atoms with Crippen molar-refractivity contribution in [2.45, 2.75) is 20.8 Å². The fourth-order valence-corrected chi connectivity index (χ4v) is 4.49. The number of carbonyl (C=O) groups is 2. The van der Waals surface area contributed by atoms with Crippen LogP contribution in [0.1, 0.15) is 23.6 Å². The molecule has 8 heteroatoms. The number of aryl methyl sites for hydroxylation is 2. The molecule has 1 aliphatic rings. The van der Waals surface area contributed by atoms with Crippen molar-refractivity contribution in [2.75, 3.05) is 18.1 Å². The average Bonchev–Trinajstić information content (AvgIpc) is 3.15. The van der Waals surface area contributed by atoms with Gasteiger partial charge in [-0.15, -0.1) is 0 Å². The first-order valence-corrected chi connectivity index (χ1v) is 12.2. The second-order valence-corrected chi connectivity index (χ2v) is 9.15. The number of rotatable bonds is 8. The van der Waals surface area contributed by atoms with Crippen LogP contribution in [0.3, 0.4) is 0 Å². The van der Waals surface area contributed by atoms with Crippen LogP contribution < -0.4 is 14.4 Å². The number of amides is 1. The molecule has 1 fully saturated rings. The monoisotopic (exact) mass is 502 g/mol. The van der Waals surface area contributed by atoms with E-state index in [0.717, 1.165) is 28.1 Å². The maximum atomic E-state index is 13.5. The Balaban J connectivity index is 1.71. The second-order valence-electron chi connectivity index (χ2n) is 8.14. The first kappa shape index (κ1) is 25.1. The summed E-state index contributed by atoms with van der Waals surface area (Å²) in [6.45, 7) is 5.75. The Kier molecular flexibility index (Phi) is 7.75. The topological polar surface area (TPSA) is 88.4 Å². The summed E-state index contributed by atoms with van der Waals surface area (Å²) < 4.78 is 11.0. The van der Waals surface area contributed by atoms with Crippen LogP contribution in [-0.4, -0.2) is 35.4 Å². The quantitative estimate of drug-likeness (QED) is 0.382. The lowest BCUT2D eigenvalue weighted by atomic mass is 10.1. The molecule has 1 amide bonds. The Bertz CT molecular complexity index is 1330. The highest BCUT2D eigenvalue weighted by Crippen LogP contribution is 2.38. The average molecular weight is 503 g/mol. The minimum Gasteiger partial charge on any atom is -0.490 e. The summed E-state index contributed by atoms with van der Waals surface area (Å²) in [7, 11) is 0. The van der Waals surface area contributed by atoms with Crippen molar-refractivity contribution < 1.29 is 24.2 Å². The van der Waals surface area contributed by atoms with Crippen molar-refractivity contribution in [1.82, 2.24) is 0 Å². The van der Waals surface area contributed by atoms with Gasteiger partial charge < -0.3 is 14.6 Å². The van der Waals surface area contributed by atoms with Gasteiger partial charge in [0.15, 0.2) is 23.3 Å². The summed E-state index contributed by atoms with van der Waals surface area (Å²) in [6.07, 6.45) is 1.77. The summed E-state index contributed by atoms with van der Waals surface area (Å²) in [4.78, 5) is 31.3. The van der Waals surface area contributed by atoms with E-state index in [9.17, 15) is 9.59 Å². The van der Waals surface area contributed by atoms with Crippen LogP contribution in [-0.2, 0) is 9.59 Å². The fourth-order valence-electron chi connectivity index (χ4n) is 3.49. The van der Waals surface area contributed by atoms with Crippen molar-refractivity contribution >= 4 is 46.3 Å². The van der Waals surface area contributed by atoms with Crippen LogP contribution in [0.2, 0.25) is 0 Å². The number of ether oxygens (including phenoxy) is 2. The van der Waals surface area contributed by atoms with Gasteiger partial charge in [-0.1, -0.05) is 41.5 Å². The van der Waals surface area contributed by atoms with E-state index < -0.39 is 12.6 Å². The fraction of sp³-hybridized carbons (Fsp3) is 0.179. The van der Waals surface area contributed by atoms with E-state index in [4.69, 9.17) is 19.6 Å².